The van der Waals surface area contributed by atoms with Crippen molar-refractivity contribution in [3.05, 3.63) is 16.9 Å². The van der Waals surface area contributed by atoms with Gasteiger partial charge in [-0.25, -0.2) is 9.97 Å². The van der Waals surface area contributed by atoms with Gasteiger partial charge in [0.15, 0.2) is 0 Å². The maximum atomic E-state index is 12.0. The van der Waals surface area contributed by atoms with Crippen molar-refractivity contribution >= 4 is 23.5 Å². The van der Waals surface area contributed by atoms with Crippen LogP contribution in [0, 0.1) is 24.7 Å². The Hall–Kier alpha value is -1.16. The molecule has 3 unspecified atom stereocenters. The van der Waals surface area contributed by atoms with Gasteiger partial charge in [-0.05, 0) is 50.0 Å². The minimum atomic E-state index is 0.0132. The summed E-state index contributed by atoms with van der Waals surface area (Å²) in [6.07, 6.45) is 5.79. The highest BCUT2D eigenvalue weighted by Crippen LogP contribution is 2.49. The number of aromatic nitrogens is 2. The van der Waals surface area contributed by atoms with E-state index < -0.39 is 0 Å². The minimum absolute atomic E-state index is 0.0132. The summed E-state index contributed by atoms with van der Waals surface area (Å²) in [6, 6.07) is 1.67. The number of carbonyl (C=O) groups is 1. The van der Waals surface area contributed by atoms with Crippen molar-refractivity contribution in [1.29, 1.82) is 0 Å². The number of hydrogen-bond acceptors (Lipinski definition) is 3. The van der Waals surface area contributed by atoms with Crippen LogP contribution in [-0.4, -0.2) is 15.9 Å². The third-order valence-corrected chi connectivity index (χ3v) is 4.60. The van der Waals surface area contributed by atoms with Crippen LogP contribution in [0.25, 0.3) is 0 Å². The molecule has 2 aliphatic carbocycles. The quantitative estimate of drug-likeness (QED) is 0.865. The first-order valence-electron chi connectivity index (χ1n) is 6.91. The van der Waals surface area contributed by atoms with Crippen LogP contribution in [0.5, 0.6) is 0 Å². The number of rotatable bonds is 3. The molecule has 19 heavy (non-hydrogen) atoms. The van der Waals surface area contributed by atoms with Gasteiger partial charge in [-0.1, -0.05) is 18.0 Å². The van der Waals surface area contributed by atoms with E-state index in [0.29, 0.717) is 23.4 Å². The third-order valence-electron chi connectivity index (χ3n) is 4.41. The number of nitrogens with zero attached hydrogens (tertiary/aromatic N) is 2. The molecule has 2 aliphatic rings. The number of nitrogens with one attached hydrogen (secondary N) is 1. The van der Waals surface area contributed by atoms with Gasteiger partial charge in [0.2, 0.25) is 11.9 Å². The lowest BCUT2D eigenvalue weighted by Gasteiger charge is -2.20. The summed E-state index contributed by atoms with van der Waals surface area (Å²) in [5, 5.41) is 3.13. The third kappa shape index (κ3) is 2.89. The predicted octanol–water partition coefficient (Wildman–Crippen LogP) is 3.20. The number of hydrogen-bond donors (Lipinski definition) is 1. The Kier molecular flexibility index (Phi) is 3.44. The van der Waals surface area contributed by atoms with Crippen LogP contribution < -0.4 is 5.32 Å². The van der Waals surface area contributed by atoms with Crippen molar-refractivity contribution in [3.63, 3.8) is 0 Å². The van der Waals surface area contributed by atoms with E-state index in [1.165, 1.54) is 25.7 Å². The highest BCUT2D eigenvalue weighted by atomic mass is 35.5. The zero-order valence-electron chi connectivity index (χ0n) is 11.0. The van der Waals surface area contributed by atoms with Gasteiger partial charge in [-0.15, -0.1) is 0 Å². The summed E-state index contributed by atoms with van der Waals surface area (Å²) in [4.78, 5) is 20.2. The lowest BCUT2D eigenvalue weighted by Crippen LogP contribution is -2.21. The van der Waals surface area contributed by atoms with Gasteiger partial charge >= 0.3 is 0 Å². The van der Waals surface area contributed by atoms with Gasteiger partial charge in [0.1, 0.15) is 5.15 Å². The van der Waals surface area contributed by atoms with E-state index >= 15 is 0 Å². The van der Waals surface area contributed by atoms with E-state index in [0.717, 1.165) is 17.5 Å². The normalized spacial score (nSPS) is 28.6. The van der Waals surface area contributed by atoms with Crippen molar-refractivity contribution in [3.8, 4) is 0 Å². The summed E-state index contributed by atoms with van der Waals surface area (Å²) in [7, 11) is 0. The Morgan fingerprint density at radius 3 is 2.89 bits per heavy atom. The summed E-state index contributed by atoms with van der Waals surface area (Å²) in [5.41, 5.74) is 0.759. The molecular weight excluding hydrogens is 262 g/mol. The van der Waals surface area contributed by atoms with Crippen LogP contribution in [0.15, 0.2) is 6.07 Å². The molecule has 0 saturated heterocycles. The van der Waals surface area contributed by atoms with Gasteiger partial charge in [0, 0.05) is 12.1 Å². The minimum Gasteiger partial charge on any atom is -0.294 e. The summed E-state index contributed by atoms with van der Waals surface area (Å²) in [5.74, 6) is 2.52. The molecule has 1 aromatic heterocycles. The first kappa shape index (κ1) is 12.9. The van der Waals surface area contributed by atoms with Crippen molar-refractivity contribution in [2.24, 2.45) is 17.8 Å². The first-order chi connectivity index (χ1) is 9.10. The molecule has 1 aromatic rings. The fourth-order valence-electron chi connectivity index (χ4n) is 3.63. The van der Waals surface area contributed by atoms with Gasteiger partial charge in [-0.3, -0.25) is 10.1 Å². The van der Waals surface area contributed by atoms with Crippen molar-refractivity contribution < 1.29 is 4.79 Å². The molecule has 0 aromatic carbocycles. The number of aryl methyl sites for hydroxylation is 1. The Bertz CT molecular complexity index is 485. The van der Waals surface area contributed by atoms with Crippen LogP contribution in [0.1, 0.15) is 37.8 Å². The number of halogens is 1. The molecule has 2 bridgehead atoms. The Balaban J connectivity index is 1.59. The van der Waals surface area contributed by atoms with E-state index in [4.69, 9.17) is 11.6 Å². The monoisotopic (exact) mass is 279 g/mol. The Morgan fingerprint density at radius 1 is 1.42 bits per heavy atom. The maximum absolute atomic E-state index is 12.0. The molecule has 1 N–H and O–H groups in total. The summed E-state index contributed by atoms with van der Waals surface area (Å²) in [6.45, 7) is 1.83. The largest absolute Gasteiger partial charge is 0.294 e. The van der Waals surface area contributed by atoms with Crippen LogP contribution in [0.2, 0.25) is 5.15 Å². The smallest absolute Gasteiger partial charge is 0.231 e. The van der Waals surface area contributed by atoms with Gasteiger partial charge in [-0.2, -0.15) is 0 Å². The second kappa shape index (κ2) is 5.08. The van der Waals surface area contributed by atoms with Crippen molar-refractivity contribution in [1.82, 2.24) is 9.97 Å². The molecule has 0 radical (unpaired) electrons. The molecule has 0 spiro atoms. The molecule has 3 rings (SSSR count). The molecule has 2 fully saturated rings. The van der Waals surface area contributed by atoms with Crippen LogP contribution in [0.4, 0.5) is 5.95 Å². The molecule has 4 nitrogen and oxygen atoms in total. The molecule has 3 atom stereocenters. The number of amides is 1. The standard InChI is InChI=1S/C14H18ClN3O/c1-8-4-12(15)17-14(16-8)18-13(19)7-11-6-9-2-3-10(11)5-9/h4,9-11H,2-3,5-7H2,1H3,(H,16,17,18,19). The first-order valence-corrected chi connectivity index (χ1v) is 7.29. The molecule has 1 amide bonds. The van der Waals surface area contributed by atoms with Crippen LogP contribution in [0.3, 0.4) is 0 Å². The van der Waals surface area contributed by atoms with E-state index in [1.807, 2.05) is 6.92 Å². The predicted molar refractivity (Wildman–Crippen MR) is 74.0 cm³/mol. The number of fused-ring (bicyclic) bond motifs is 2. The fourth-order valence-corrected chi connectivity index (χ4v) is 3.86. The molecule has 102 valence electrons. The molecule has 1 heterocycles. The lowest BCUT2D eigenvalue weighted by molar-refractivity contribution is -0.117. The average molecular weight is 280 g/mol. The summed E-state index contributed by atoms with van der Waals surface area (Å²) >= 11 is 5.85. The average Bonchev–Trinajstić information content (AvgIpc) is 2.88. The molecular formula is C14H18ClN3O. The van der Waals surface area contributed by atoms with E-state index in [9.17, 15) is 4.79 Å². The summed E-state index contributed by atoms with van der Waals surface area (Å²) < 4.78 is 0. The fraction of sp³-hybridized carbons (Fsp3) is 0.643. The number of carbonyl (C=O) groups excluding carboxylic acids is 1. The SMILES string of the molecule is Cc1cc(Cl)nc(NC(=O)CC2CC3CCC2C3)n1. The molecule has 2 saturated carbocycles. The van der Waals surface area contributed by atoms with Crippen molar-refractivity contribution in [2.75, 3.05) is 5.32 Å². The highest BCUT2D eigenvalue weighted by molar-refractivity contribution is 6.29. The molecule has 5 heteroatoms. The van der Waals surface area contributed by atoms with E-state index in [-0.39, 0.29) is 5.91 Å². The zero-order chi connectivity index (χ0) is 13.4. The van der Waals surface area contributed by atoms with Gasteiger partial charge < -0.3 is 0 Å². The second-order valence-corrected chi connectivity index (χ2v) is 6.23. The van der Waals surface area contributed by atoms with Crippen LogP contribution >= 0.6 is 11.6 Å². The second-order valence-electron chi connectivity index (χ2n) is 5.84. The topological polar surface area (TPSA) is 54.9 Å². The Labute approximate surface area is 118 Å². The van der Waals surface area contributed by atoms with Gasteiger partial charge in [0.25, 0.3) is 0 Å². The zero-order valence-corrected chi connectivity index (χ0v) is 11.8. The lowest BCUT2D eigenvalue weighted by atomic mass is 9.86. The number of anilines is 1. The van der Waals surface area contributed by atoms with E-state index in [2.05, 4.69) is 15.3 Å². The maximum Gasteiger partial charge on any atom is 0.231 e. The highest BCUT2D eigenvalue weighted by Gasteiger charge is 2.40. The van der Waals surface area contributed by atoms with Gasteiger partial charge in [0.05, 0.1) is 0 Å². The van der Waals surface area contributed by atoms with E-state index in [1.54, 1.807) is 6.07 Å². The van der Waals surface area contributed by atoms with Crippen LogP contribution in [-0.2, 0) is 4.79 Å². The Morgan fingerprint density at radius 2 is 2.26 bits per heavy atom. The van der Waals surface area contributed by atoms with Crippen molar-refractivity contribution in [2.45, 2.75) is 39.0 Å². The molecule has 0 aliphatic heterocycles.